The molecule has 0 aromatic carbocycles. The number of nitrogens with zero attached hydrogens (tertiary/aromatic N) is 2. The van der Waals surface area contributed by atoms with E-state index in [9.17, 15) is 19.5 Å². The number of hydrogen-bond acceptors (Lipinski definition) is 4. The van der Waals surface area contributed by atoms with E-state index in [1.807, 2.05) is 20.8 Å². The van der Waals surface area contributed by atoms with Gasteiger partial charge in [0.2, 0.25) is 11.8 Å². The van der Waals surface area contributed by atoms with Gasteiger partial charge in [0, 0.05) is 6.42 Å². The van der Waals surface area contributed by atoms with Crippen LogP contribution < -0.4 is 0 Å². The highest BCUT2D eigenvalue weighted by molar-refractivity contribution is 6.05. The minimum absolute atomic E-state index is 0.207. The molecule has 0 aromatic heterocycles. The first-order valence-corrected chi connectivity index (χ1v) is 8.98. The Morgan fingerprint density at radius 2 is 1.67 bits per heavy atom. The molecule has 24 heavy (non-hydrogen) atoms. The van der Waals surface area contributed by atoms with Crippen LogP contribution in [0, 0.1) is 11.3 Å². The summed E-state index contributed by atoms with van der Waals surface area (Å²) < 4.78 is 0. The fourth-order valence-electron chi connectivity index (χ4n) is 3.92. The lowest BCUT2D eigenvalue weighted by atomic mass is 9.81. The molecule has 1 saturated heterocycles. The SMILES string of the molecule is CCC(=O)N1C(=O)N(C(=O)[C@H](C)[C@@H](O)C(C)(C)C)[C@@H]2CCCC[C@H]21. The molecule has 2 fully saturated rings. The maximum absolute atomic E-state index is 13.0. The first-order valence-electron chi connectivity index (χ1n) is 8.98. The molecule has 136 valence electrons. The van der Waals surface area contributed by atoms with E-state index in [4.69, 9.17) is 0 Å². The van der Waals surface area contributed by atoms with Crippen molar-refractivity contribution in [2.45, 2.75) is 84.9 Å². The third-order valence-corrected chi connectivity index (χ3v) is 5.33. The van der Waals surface area contributed by atoms with Crippen LogP contribution in [0.1, 0.15) is 66.7 Å². The van der Waals surface area contributed by atoms with Gasteiger partial charge in [0.25, 0.3) is 0 Å². The van der Waals surface area contributed by atoms with Crippen LogP contribution >= 0.6 is 0 Å². The van der Waals surface area contributed by atoms with E-state index in [1.165, 1.54) is 9.80 Å². The van der Waals surface area contributed by atoms with Crippen molar-refractivity contribution in [1.29, 1.82) is 0 Å². The van der Waals surface area contributed by atoms with E-state index >= 15 is 0 Å². The number of rotatable bonds is 3. The van der Waals surface area contributed by atoms with Crippen LogP contribution in [0.15, 0.2) is 0 Å². The van der Waals surface area contributed by atoms with Gasteiger partial charge in [-0.2, -0.15) is 0 Å². The molecular formula is C18H30N2O4. The van der Waals surface area contributed by atoms with Gasteiger partial charge in [-0.05, 0) is 18.3 Å². The minimum atomic E-state index is -0.851. The second-order valence-corrected chi connectivity index (χ2v) is 8.13. The number of carbonyl (C=O) groups excluding carboxylic acids is 3. The monoisotopic (exact) mass is 338 g/mol. The zero-order chi connectivity index (χ0) is 18.2. The largest absolute Gasteiger partial charge is 0.392 e. The molecule has 0 radical (unpaired) electrons. The molecule has 0 bridgehead atoms. The van der Waals surface area contributed by atoms with Crippen molar-refractivity contribution < 1.29 is 19.5 Å². The summed E-state index contributed by atoms with van der Waals surface area (Å²) in [5, 5.41) is 10.4. The van der Waals surface area contributed by atoms with Gasteiger partial charge in [0.1, 0.15) is 0 Å². The number of amides is 4. The minimum Gasteiger partial charge on any atom is -0.392 e. The number of aliphatic hydroxyl groups excluding tert-OH is 1. The van der Waals surface area contributed by atoms with Gasteiger partial charge in [-0.1, -0.05) is 47.5 Å². The zero-order valence-electron chi connectivity index (χ0n) is 15.4. The Kier molecular flexibility index (Phi) is 5.37. The Morgan fingerprint density at radius 1 is 1.17 bits per heavy atom. The average Bonchev–Trinajstić information content (AvgIpc) is 2.83. The molecular weight excluding hydrogens is 308 g/mol. The van der Waals surface area contributed by atoms with Crippen LogP contribution in [0.4, 0.5) is 4.79 Å². The molecule has 0 unspecified atom stereocenters. The second kappa shape index (κ2) is 6.82. The van der Waals surface area contributed by atoms with E-state index in [0.29, 0.717) is 0 Å². The summed E-state index contributed by atoms with van der Waals surface area (Å²) in [7, 11) is 0. The molecule has 2 rings (SSSR count). The summed E-state index contributed by atoms with van der Waals surface area (Å²) in [6.07, 6.45) is 2.79. The fourth-order valence-corrected chi connectivity index (χ4v) is 3.92. The highest BCUT2D eigenvalue weighted by Gasteiger charge is 2.52. The van der Waals surface area contributed by atoms with Crippen molar-refractivity contribution in [2.24, 2.45) is 11.3 Å². The normalized spacial score (nSPS) is 27.0. The molecule has 1 N–H and O–H groups in total. The molecule has 1 heterocycles. The van der Waals surface area contributed by atoms with Crippen molar-refractivity contribution in [2.75, 3.05) is 0 Å². The molecule has 1 saturated carbocycles. The van der Waals surface area contributed by atoms with Crippen molar-refractivity contribution >= 4 is 17.8 Å². The third-order valence-electron chi connectivity index (χ3n) is 5.33. The zero-order valence-corrected chi connectivity index (χ0v) is 15.4. The van der Waals surface area contributed by atoms with Crippen molar-refractivity contribution in [3.63, 3.8) is 0 Å². The van der Waals surface area contributed by atoms with Crippen molar-refractivity contribution in [3.05, 3.63) is 0 Å². The number of imide groups is 2. The van der Waals surface area contributed by atoms with Crippen LogP contribution in [0.5, 0.6) is 0 Å². The quantitative estimate of drug-likeness (QED) is 0.858. The maximum Gasteiger partial charge on any atom is 0.334 e. The summed E-state index contributed by atoms with van der Waals surface area (Å²) in [5.41, 5.74) is -0.456. The average molecular weight is 338 g/mol. The lowest BCUT2D eigenvalue weighted by molar-refractivity contribution is -0.139. The Balaban J connectivity index is 2.29. The van der Waals surface area contributed by atoms with Gasteiger partial charge in [0.05, 0.1) is 24.1 Å². The number of carbonyl (C=O) groups is 3. The molecule has 6 nitrogen and oxygen atoms in total. The van der Waals surface area contributed by atoms with Gasteiger partial charge >= 0.3 is 6.03 Å². The van der Waals surface area contributed by atoms with Crippen LogP contribution in [0.25, 0.3) is 0 Å². The lowest BCUT2D eigenvalue weighted by Gasteiger charge is -2.34. The number of urea groups is 1. The molecule has 2 aliphatic rings. The van der Waals surface area contributed by atoms with Gasteiger partial charge in [-0.3, -0.25) is 19.4 Å². The molecule has 6 heteroatoms. The van der Waals surface area contributed by atoms with E-state index in [1.54, 1.807) is 13.8 Å². The molecule has 0 spiro atoms. The predicted octanol–water partition coefficient (Wildman–Crippen LogP) is 2.54. The molecule has 1 aliphatic carbocycles. The van der Waals surface area contributed by atoms with Gasteiger partial charge in [-0.15, -0.1) is 0 Å². The van der Waals surface area contributed by atoms with E-state index < -0.39 is 23.5 Å². The first kappa shape index (κ1) is 18.9. The summed E-state index contributed by atoms with van der Waals surface area (Å²) >= 11 is 0. The first-order chi connectivity index (χ1) is 11.1. The topological polar surface area (TPSA) is 77.9 Å². The van der Waals surface area contributed by atoms with Crippen LogP contribution in [0.2, 0.25) is 0 Å². The van der Waals surface area contributed by atoms with Crippen molar-refractivity contribution in [3.8, 4) is 0 Å². The highest BCUT2D eigenvalue weighted by Crippen LogP contribution is 2.36. The lowest BCUT2D eigenvalue weighted by Crippen LogP contribution is -2.49. The fraction of sp³-hybridized carbons (Fsp3) is 0.833. The van der Waals surface area contributed by atoms with Gasteiger partial charge < -0.3 is 5.11 Å². The van der Waals surface area contributed by atoms with Crippen LogP contribution in [-0.2, 0) is 9.59 Å². The standard InChI is InChI=1S/C18H30N2O4/c1-6-14(21)19-12-9-7-8-10-13(12)20(17(19)24)16(23)11(2)15(22)18(3,4)5/h11-13,15,22H,6-10H2,1-5H3/t11-,12-,13-,15-/m1/s1. The number of fused-ring (bicyclic) bond motifs is 1. The summed E-state index contributed by atoms with van der Waals surface area (Å²) in [6, 6.07) is -0.956. The van der Waals surface area contributed by atoms with Crippen LogP contribution in [-0.4, -0.2) is 50.9 Å². The smallest absolute Gasteiger partial charge is 0.334 e. The maximum atomic E-state index is 13.0. The second-order valence-electron chi connectivity index (χ2n) is 8.13. The predicted molar refractivity (Wildman–Crippen MR) is 90.0 cm³/mol. The summed E-state index contributed by atoms with van der Waals surface area (Å²) in [4.78, 5) is 40.6. The Hall–Kier alpha value is -1.43. The van der Waals surface area contributed by atoms with Gasteiger partial charge in [0.15, 0.2) is 0 Å². The Labute approximate surface area is 144 Å². The van der Waals surface area contributed by atoms with Crippen LogP contribution in [0.3, 0.4) is 0 Å². The summed E-state index contributed by atoms with van der Waals surface area (Å²) in [6.45, 7) is 8.98. The molecule has 4 atom stereocenters. The number of aliphatic hydroxyl groups is 1. The van der Waals surface area contributed by atoms with E-state index in [0.717, 1.165) is 25.7 Å². The Bertz CT molecular complexity index is 526. The highest BCUT2D eigenvalue weighted by atomic mass is 16.3. The third kappa shape index (κ3) is 3.21. The van der Waals surface area contributed by atoms with Gasteiger partial charge in [-0.25, -0.2) is 4.79 Å². The van der Waals surface area contributed by atoms with E-state index in [-0.39, 0.29) is 30.3 Å². The molecule has 4 amide bonds. The van der Waals surface area contributed by atoms with E-state index in [2.05, 4.69) is 0 Å². The Morgan fingerprint density at radius 3 is 2.12 bits per heavy atom. The molecule has 0 aromatic rings. The molecule has 1 aliphatic heterocycles. The summed E-state index contributed by atoms with van der Waals surface area (Å²) in [5.74, 6) is -1.28. The van der Waals surface area contributed by atoms with Crippen molar-refractivity contribution in [1.82, 2.24) is 9.80 Å². The number of hydrogen-bond donors (Lipinski definition) is 1.